The predicted molar refractivity (Wildman–Crippen MR) is 113 cm³/mol. The molecule has 5 heteroatoms. The predicted octanol–water partition coefficient (Wildman–Crippen LogP) is 4.75. The first-order valence-corrected chi connectivity index (χ1v) is 10.0. The molecule has 1 aliphatic rings. The van der Waals surface area contributed by atoms with Crippen molar-refractivity contribution in [3.8, 4) is 0 Å². The first-order valence-electron chi connectivity index (χ1n) is 9.22. The van der Waals surface area contributed by atoms with E-state index in [4.69, 9.17) is 4.74 Å². The normalized spacial score (nSPS) is 15.5. The number of allylic oxidation sites excluding steroid dienone is 1. The number of carbonyl (C=O) groups excluding carboxylic acids is 2. The van der Waals surface area contributed by atoms with Crippen LogP contribution in [-0.4, -0.2) is 29.9 Å². The van der Waals surface area contributed by atoms with Crippen LogP contribution in [0.15, 0.2) is 75.9 Å². The Kier molecular flexibility index (Phi) is 6.47. The molecule has 1 aliphatic heterocycles. The smallest absolute Gasteiger partial charge is 0.340 e. The molecule has 0 saturated heterocycles. The second-order valence-electron chi connectivity index (χ2n) is 6.48. The molecule has 0 atom stereocenters. The summed E-state index contributed by atoms with van der Waals surface area (Å²) in [5.74, 6) is -0.627. The maximum atomic E-state index is 13.1. The van der Waals surface area contributed by atoms with Crippen LogP contribution in [0.2, 0.25) is 0 Å². The zero-order valence-corrected chi connectivity index (χ0v) is 17.5. The summed E-state index contributed by atoms with van der Waals surface area (Å²) in [6, 6.07) is 17.6. The van der Waals surface area contributed by atoms with E-state index >= 15 is 0 Å². The number of benzene rings is 2. The van der Waals surface area contributed by atoms with Gasteiger partial charge in [0, 0.05) is 16.7 Å². The minimum Gasteiger partial charge on any atom is -0.462 e. The molecule has 28 heavy (non-hydrogen) atoms. The van der Waals surface area contributed by atoms with Gasteiger partial charge in [-0.15, -0.1) is 0 Å². The zero-order chi connectivity index (χ0) is 20.1. The van der Waals surface area contributed by atoms with Crippen LogP contribution >= 0.6 is 15.9 Å². The lowest BCUT2D eigenvalue weighted by atomic mass is 10.0. The van der Waals surface area contributed by atoms with Crippen molar-refractivity contribution in [2.75, 3.05) is 13.2 Å². The van der Waals surface area contributed by atoms with Gasteiger partial charge in [0.05, 0.1) is 17.8 Å². The summed E-state index contributed by atoms with van der Waals surface area (Å²) < 4.78 is 6.17. The Morgan fingerprint density at radius 2 is 1.79 bits per heavy atom. The van der Waals surface area contributed by atoms with E-state index in [0.717, 1.165) is 15.6 Å². The number of esters is 1. The van der Waals surface area contributed by atoms with E-state index in [-0.39, 0.29) is 12.5 Å². The first kappa shape index (κ1) is 20.1. The van der Waals surface area contributed by atoms with Gasteiger partial charge in [-0.25, -0.2) is 4.79 Å². The number of halogens is 1. The van der Waals surface area contributed by atoms with E-state index < -0.39 is 5.97 Å². The molecule has 2 aromatic carbocycles. The summed E-state index contributed by atoms with van der Waals surface area (Å²) in [7, 11) is 0. The molecule has 3 rings (SSSR count). The number of carbonyl (C=O) groups is 2. The highest BCUT2D eigenvalue weighted by Gasteiger charge is 2.36. The van der Waals surface area contributed by atoms with Gasteiger partial charge in [0.15, 0.2) is 0 Å². The number of ether oxygens (including phenoxy) is 1. The van der Waals surface area contributed by atoms with Gasteiger partial charge in [-0.3, -0.25) is 4.79 Å². The lowest BCUT2D eigenvalue weighted by molar-refractivity contribution is -0.138. The Labute approximate surface area is 173 Å². The quantitative estimate of drug-likeness (QED) is 0.481. The summed E-state index contributed by atoms with van der Waals surface area (Å²) in [6.07, 6.45) is 2.47. The highest BCUT2D eigenvalue weighted by atomic mass is 79.9. The molecule has 0 bridgehead atoms. The Bertz CT molecular complexity index is 930. The average Bonchev–Trinajstić information content (AvgIpc) is 2.92. The van der Waals surface area contributed by atoms with Gasteiger partial charge < -0.3 is 9.64 Å². The van der Waals surface area contributed by atoms with E-state index in [9.17, 15) is 9.59 Å². The van der Waals surface area contributed by atoms with Gasteiger partial charge in [0.25, 0.3) is 5.91 Å². The number of amides is 1. The average molecular weight is 440 g/mol. The molecule has 144 valence electrons. The topological polar surface area (TPSA) is 46.6 Å². The van der Waals surface area contributed by atoms with Gasteiger partial charge in [-0.1, -0.05) is 58.4 Å². The van der Waals surface area contributed by atoms with E-state index in [1.165, 1.54) is 0 Å². The van der Waals surface area contributed by atoms with Gasteiger partial charge >= 0.3 is 5.97 Å². The summed E-state index contributed by atoms with van der Waals surface area (Å²) in [6.45, 7) is 4.34. The molecule has 2 aromatic rings. The molecule has 4 nitrogen and oxygen atoms in total. The second kappa shape index (κ2) is 9.02. The van der Waals surface area contributed by atoms with Crippen LogP contribution in [0.4, 0.5) is 0 Å². The van der Waals surface area contributed by atoms with Crippen molar-refractivity contribution >= 4 is 33.9 Å². The molecule has 0 aromatic heterocycles. The minimum absolute atomic E-state index is 0.167. The fraction of sp³-hybridized carbons (Fsp3) is 0.217. The molecule has 0 fully saturated rings. The number of hydrogen-bond acceptors (Lipinski definition) is 3. The van der Waals surface area contributed by atoms with Crippen LogP contribution in [0.1, 0.15) is 25.0 Å². The Morgan fingerprint density at radius 1 is 1.11 bits per heavy atom. The van der Waals surface area contributed by atoms with Gasteiger partial charge in [0.1, 0.15) is 0 Å². The van der Waals surface area contributed by atoms with E-state index in [2.05, 4.69) is 15.9 Å². The van der Waals surface area contributed by atoms with E-state index in [1.807, 2.05) is 54.6 Å². The van der Waals surface area contributed by atoms with Crippen LogP contribution in [0, 0.1) is 0 Å². The molecule has 0 spiro atoms. The van der Waals surface area contributed by atoms with Crippen LogP contribution in [0.5, 0.6) is 0 Å². The van der Waals surface area contributed by atoms with E-state index in [0.29, 0.717) is 29.8 Å². The van der Waals surface area contributed by atoms with Crippen molar-refractivity contribution in [1.29, 1.82) is 0 Å². The molecule has 0 N–H and O–H groups in total. The van der Waals surface area contributed by atoms with Gasteiger partial charge in [-0.05, 0) is 49.6 Å². The Morgan fingerprint density at radius 3 is 2.43 bits per heavy atom. The maximum Gasteiger partial charge on any atom is 0.340 e. The third kappa shape index (κ3) is 4.42. The molecule has 0 radical (unpaired) electrons. The van der Waals surface area contributed by atoms with Crippen LogP contribution in [0.25, 0.3) is 6.08 Å². The SMILES string of the molecule is CCOC(=O)C1=C(C)N(CCc2ccccc2)C(=O)/C1=C\c1ccc(Br)cc1. The van der Waals surface area contributed by atoms with Gasteiger partial charge in [-0.2, -0.15) is 0 Å². The summed E-state index contributed by atoms with van der Waals surface area (Å²) in [5, 5.41) is 0. The third-order valence-corrected chi connectivity index (χ3v) is 5.17. The number of nitrogens with zero attached hydrogens (tertiary/aromatic N) is 1. The van der Waals surface area contributed by atoms with Crippen molar-refractivity contribution in [2.45, 2.75) is 20.3 Å². The van der Waals surface area contributed by atoms with Gasteiger partial charge in [0.2, 0.25) is 0 Å². The van der Waals surface area contributed by atoms with Crippen molar-refractivity contribution < 1.29 is 14.3 Å². The number of rotatable bonds is 6. The summed E-state index contributed by atoms with van der Waals surface area (Å²) in [5.41, 5.74) is 3.37. The molecule has 1 amide bonds. The largest absolute Gasteiger partial charge is 0.462 e. The van der Waals surface area contributed by atoms with Crippen LogP contribution in [-0.2, 0) is 20.7 Å². The fourth-order valence-corrected chi connectivity index (χ4v) is 3.47. The van der Waals surface area contributed by atoms with Crippen molar-refractivity contribution in [3.63, 3.8) is 0 Å². The monoisotopic (exact) mass is 439 g/mol. The van der Waals surface area contributed by atoms with E-state index in [1.54, 1.807) is 24.8 Å². The highest BCUT2D eigenvalue weighted by molar-refractivity contribution is 9.10. The molecule has 1 heterocycles. The Balaban J connectivity index is 1.93. The minimum atomic E-state index is -0.459. The van der Waals surface area contributed by atoms with Crippen molar-refractivity contribution in [2.24, 2.45) is 0 Å². The fourth-order valence-electron chi connectivity index (χ4n) is 3.21. The lowest BCUT2D eigenvalue weighted by Crippen LogP contribution is -2.27. The third-order valence-electron chi connectivity index (χ3n) is 4.64. The zero-order valence-electron chi connectivity index (χ0n) is 15.9. The molecule has 0 saturated carbocycles. The lowest BCUT2D eigenvalue weighted by Gasteiger charge is -2.17. The molecule has 0 aliphatic carbocycles. The molecule has 0 unspecified atom stereocenters. The van der Waals surface area contributed by atoms with Crippen molar-refractivity contribution in [1.82, 2.24) is 4.90 Å². The van der Waals surface area contributed by atoms with Crippen LogP contribution < -0.4 is 0 Å². The van der Waals surface area contributed by atoms with Crippen LogP contribution in [0.3, 0.4) is 0 Å². The summed E-state index contributed by atoms with van der Waals surface area (Å²) >= 11 is 3.41. The summed E-state index contributed by atoms with van der Waals surface area (Å²) in [4.78, 5) is 27.4. The second-order valence-corrected chi connectivity index (χ2v) is 7.40. The first-order chi connectivity index (χ1) is 13.5. The maximum absolute atomic E-state index is 13.1. The molecular formula is C23H22BrNO3. The number of hydrogen-bond donors (Lipinski definition) is 0. The molecular weight excluding hydrogens is 418 g/mol. The highest BCUT2D eigenvalue weighted by Crippen LogP contribution is 2.32. The Hall–Kier alpha value is -2.66. The van der Waals surface area contributed by atoms with Crippen molar-refractivity contribution in [3.05, 3.63) is 87.0 Å². The standard InChI is InChI=1S/C23H22BrNO3/c1-3-28-23(27)21-16(2)25(14-13-17-7-5-4-6-8-17)22(26)20(21)15-18-9-11-19(24)12-10-18/h4-12,15H,3,13-14H2,1-2H3/b20-15-.